The van der Waals surface area contributed by atoms with Crippen LogP contribution in [0.2, 0.25) is 5.02 Å². The Kier molecular flexibility index (Phi) is 6.47. The first-order chi connectivity index (χ1) is 10.9. The van der Waals surface area contributed by atoms with Gasteiger partial charge in [0.2, 0.25) is 0 Å². The number of benzene rings is 1. The Morgan fingerprint density at radius 2 is 2.04 bits per heavy atom. The lowest BCUT2D eigenvalue weighted by Gasteiger charge is -2.25. The van der Waals surface area contributed by atoms with Crippen LogP contribution in [-0.4, -0.2) is 36.7 Å². The first kappa shape index (κ1) is 18.3. The second-order valence-electron chi connectivity index (χ2n) is 7.09. The van der Waals surface area contributed by atoms with Gasteiger partial charge in [-0.05, 0) is 62.8 Å². The monoisotopic (exact) mass is 334 g/mol. The molecule has 1 aromatic rings. The van der Waals surface area contributed by atoms with Crippen LogP contribution in [0.15, 0.2) is 18.2 Å². The van der Waals surface area contributed by atoms with Gasteiger partial charge < -0.3 is 4.74 Å². The molecule has 1 heterocycles. The van der Waals surface area contributed by atoms with Crippen molar-refractivity contribution in [3.05, 3.63) is 34.3 Å². The van der Waals surface area contributed by atoms with E-state index in [9.17, 15) is 0 Å². The van der Waals surface area contributed by atoms with Crippen molar-refractivity contribution >= 4 is 11.6 Å². The van der Waals surface area contributed by atoms with E-state index in [1.807, 2.05) is 12.1 Å². The van der Waals surface area contributed by atoms with Crippen LogP contribution in [0, 0.1) is 23.2 Å². The van der Waals surface area contributed by atoms with Gasteiger partial charge >= 0.3 is 0 Å². The summed E-state index contributed by atoms with van der Waals surface area (Å²) in [7, 11) is 0. The highest BCUT2D eigenvalue weighted by Crippen LogP contribution is 2.27. The van der Waals surface area contributed by atoms with Gasteiger partial charge in [0.1, 0.15) is 0 Å². The standard InChI is InChI=1S/C19H27ClN2O/c1-13(2)23-12-18-11-22(10-14(18)3)15(4)5-16-6-17(9-21)8-19(20)7-16/h6-8,13-15,18H,5,10-12H2,1-4H3. The Bertz CT molecular complexity index is 567. The summed E-state index contributed by atoms with van der Waals surface area (Å²) in [6, 6.07) is 8.25. The molecule has 4 heteroatoms. The molecule has 3 nitrogen and oxygen atoms in total. The molecule has 0 bridgehead atoms. The Morgan fingerprint density at radius 1 is 1.30 bits per heavy atom. The maximum Gasteiger partial charge on any atom is 0.0992 e. The molecule has 1 fully saturated rings. The number of nitriles is 1. The molecule has 0 amide bonds. The molecule has 23 heavy (non-hydrogen) atoms. The fourth-order valence-electron chi connectivity index (χ4n) is 3.27. The average molecular weight is 335 g/mol. The van der Waals surface area contributed by atoms with Crippen molar-refractivity contribution in [3.63, 3.8) is 0 Å². The van der Waals surface area contributed by atoms with Gasteiger partial charge in [0.25, 0.3) is 0 Å². The molecular weight excluding hydrogens is 308 g/mol. The summed E-state index contributed by atoms with van der Waals surface area (Å²) < 4.78 is 5.81. The first-order valence-electron chi connectivity index (χ1n) is 8.44. The van der Waals surface area contributed by atoms with E-state index >= 15 is 0 Å². The van der Waals surface area contributed by atoms with E-state index in [2.05, 4.69) is 38.7 Å². The highest BCUT2D eigenvalue weighted by molar-refractivity contribution is 6.30. The predicted molar refractivity (Wildman–Crippen MR) is 94.6 cm³/mol. The molecule has 0 N–H and O–H groups in total. The molecule has 3 atom stereocenters. The Labute approximate surface area is 145 Å². The van der Waals surface area contributed by atoms with Crippen LogP contribution in [0.3, 0.4) is 0 Å². The van der Waals surface area contributed by atoms with Crippen molar-refractivity contribution in [2.45, 2.75) is 46.3 Å². The molecule has 0 spiro atoms. The van der Waals surface area contributed by atoms with Gasteiger partial charge in [0, 0.05) is 24.2 Å². The summed E-state index contributed by atoms with van der Waals surface area (Å²) in [6.07, 6.45) is 1.21. The molecule has 3 unspecified atom stereocenters. The Morgan fingerprint density at radius 3 is 2.70 bits per heavy atom. The molecule has 0 aliphatic carbocycles. The number of hydrogen-bond donors (Lipinski definition) is 0. The van der Waals surface area contributed by atoms with Gasteiger partial charge in [0.05, 0.1) is 24.3 Å². The summed E-state index contributed by atoms with van der Waals surface area (Å²) in [5.74, 6) is 1.26. The highest BCUT2D eigenvalue weighted by atomic mass is 35.5. The maximum absolute atomic E-state index is 9.07. The predicted octanol–water partition coefficient (Wildman–Crippen LogP) is 4.14. The third-order valence-corrected chi connectivity index (χ3v) is 4.90. The minimum absolute atomic E-state index is 0.296. The van der Waals surface area contributed by atoms with E-state index in [1.54, 1.807) is 6.07 Å². The molecule has 0 radical (unpaired) electrons. The normalized spacial score (nSPS) is 23.2. The molecule has 126 valence electrons. The van der Waals surface area contributed by atoms with Crippen LogP contribution >= 0.6 is 11.6 Å². The number of hydrogen-bond acceptors (Lipinski definition) is 3. The molecule has 1 aromatic carbocycles. The number of rotatable bonds is 6. The number of nitrogens with zero attached hydrogens (tertiary/aromatic N) is 2. The number of ether oxygens (including phenoxy) is 1. The van der Waals surface area contributed by atoms with Crippen molar-refractivity contribution < 1.29 is 4.74 Å². The molecular formula is C19H27ClN2O. The summed E-state index contributed by atoms with van der Waals surface area (Å²) in [6.45, 7) is 11.8. The summed E-state index contributed by atoms with van der Waals surface area (Å²) in [4.78, 5) is 2.53. The van der Waals surface area contributed by atoms with Gasteiger partial charge in [-0.15, -0.1) is 0 Å². The summed E-state index contributed by atoms with van der Waals surface area (Å²) in [5.41, 5.74) is 1.77. The maximum atomic E-state index is 9.07. The van der Waals surface area contributed by atoms with Crippen molar-refractivity contribution in [1.29, 1.82) is 5.26 Å². The average Bonchev–Trinajstić information content (AvgIpc) is 2.85. The fourth-order valence-corrected chi connectivity index (χ4v) is 3.53. The van der Waals surface area contributed by atoms with Gasteiger partial charge in [0.15, 0.2) is 0 Å². The van der Waals surface area contributed by atoms with E-state index in [1.165, 1.54) is 0 Å². The van der Waals surface area contributed by atoms with Crippen molar-refractivity contribution in [2.75, 3.05) is 19.7 Å². The summed E-state index contributed by atoms with van der Waals surface area (Å²) in [5, 5.41) is 9.72. The van der Waals surface area contributed by atoms with Crippen molar-refractivity contribution in [2.24, 2.45) is 11.8 Å². The van der Waals surface area contributed by atoms with Gasteiger partial charge in [-0.1, -0.05) is 18.5 Å². The van der Waals surface area contributed by atoms with E-state index < -0.39 is 0 Å². The quantitative estimate of drug-likeness (QED) is 0.784. The van der Waals surface area contributed by atoms with Crippen LogP contribution < -0.4 is 0 Å². The van der Waals surface area contributed by atoms with Gasteiger partial charge in [-0.2, -0.15) is 5.26 Å². The van der Waals surface area contributed by atoms with Crippen LogP contribution in [0.25, 0.3) is 0 Å². The molecule has 1 saturated heterocycles. The molecule has 0 saturated carbocycles. The topological polar surface area (TPSA) is 36.3 Å². The minimum atomic E-state index is 0.296. The second-order valence-corrected chi connectivity index (χ2v) is 7.52. The molecule has 1 aliphatic rings. The number of likely N-dealkylation sites (tertiary alicyclic amines) is 1. The zero-order chi connectivity index (χ0) is 17.0. The van der Waals surface area contributed by atoms with Crippen LogP contribution in [0.4, 0.5) is 0 Å². The van der Waals surface area contributed by atoms with Gasteiger partial charge in [-0.3, -0.25) is 4.90 Å². The molecule has 1 aliphatic heterocycles. The lowest BCUT2D eigenvalue weighted by Crippen LogP contribution is -2.33. The van der Waals surface area contributed by atoms with Gasteiger partial charge in [-0.25, -0.2) is 0 Å². The SMILES string of the molecule is CC(C)OCC1CN(C(C)Cc2cc(Cl)cc(C#N)c2)CC1C. The Hall–Kier alpha value is -1.08. The third kappa shape index (κ3) is 5.21. The summed E-state index contributed by atoms with van der Waals surface area (Å²) >= 11 is 6.11. The van der Waals surface area contributed by atoms with E-state index in [-0.39, 0.29) is 0 Å². The van der Waals surface area contributed by atoms with Crippen LogP contribution in [0.1, 0.15) is 38.8 Å². The molecule has 0 aromatic heterocycles. The van der Waals surface area contributed by atoms with Crippen molar-refractivity contribution in [1.82, 2.24) is 4.90 Å². The van der Waals surface area contributed by atoms with Crippen molar-refractivity contribution in [3.8, 4) is 6.07 Å². The van der Waals surface area contributed by atoms with E-state index in [0.29, 0.717) is 34.6 Å². The fraction of sp³-hybridized carbons (Fsp3) is 0.632. The van der Waals surface area contributed by atoms with E-state index in [4.69, 9.17) is 21.6 Å². The Balaban J connectivity index is 1.95. The molecule has 2 rings (SSSR count). The largest absolute Gasteiger partial charge is 0.378 e. The third-order valence-electron chi connectivity index (χ3n) is 4.68. The lowest BCUT2D eigenvalue weighted by atomic mass is 9.99. The smallest absolute Gasteiger partial charge is 0.0992 e. The zero-order valence-electron chi connectivity index (χ0n) is 14.6. The van der Waals surface area contributed by atoms with Crippen LogP contribution in [0.5, 0.6) is 0 Å². The first-order valence-corrected chi connectivity index (χ1v) is 8.82. The highest BCUT2D eigenvalue weighted by Gasteiger charge is 2.32. The minimum Gasteiger partial charge on any atom is -0.378 e. The lowest BCUT2D eigenvalue weighted by molar-refractivity contribution is 0.0448. The zero-order valence-corrected chi connectivity index (χ0v) is 15.3. The number of halogens is 1. The van der Waals surface area contributed by atoms with E-state index in [0.717, 1.165) is 31.7 Å². The second kappa shape index (κ2) is 8.15. The van der Waals surface area contributed by atoms with Crippen LogP contribution in [-0.2, 0) is 11.2 Å².